The van der Waals surface area contributed by atoms with E-state index in [4.69, 9.17) is 22.1 Å². The Bertz CT molecular complexity index is 522. The molecule has 5 heteroatoms. The number of nitrogens with zero attached hydrogens (tertiary/aromatic N) is 1. The monoisotopic (exact) mass is 251 g/mol. The molecule has 0 aliphatic rings. The quantitative estimate of drug-likeness (QED) is 0.881. The molecule has 0 amide bonds. The second-order valence-electron chi connectivity index (χ2n) is 3.97. The fourth-order valence-electron chi connectivity index (χ4n) is 1.44. The molecule has 0 aliphatic heterocycles. The Balaban J connectivity index is 2.22. The maximum atomic E-state index is 6.11. The van der Waals surface area contributed by atoms with Gasteiger partial charge >= 0.3 is 0 Å². The van der Waals surface area contributed by atoms with Crippen LogP contribution in [0.3, 0.4) is 0 Å². The van der Waals surface area contributed by atoms with Gasteiger partial charge in [-0.1, -0.05) is 17.7 Å². The van der Waals surface area contributed by atoms with Gasteiger partial charge in [0.2, 0.25) is 5.88 Å². The Morgan fingerprint density at radius 1 is 1.41 bits per heavy atom. The summed E-state index contributed by atoms with van der Waals surface area (Å²) < 4.78 is 5.55. The Hall–Kier alpha value is -1.52. The zero-order valence-corrected chi connectivity index (χ0v) is 10.5. The van der Waals surface area contributed by atoms with Crippen molar-refractivity contribution in [2.45, 2.75) is 19.9 Å². The van der Waals surface area contributed by atoms with Crippen molar-refractivity contribution in [3.63, 3.8) is 0 Å². The van der Waals surface area contributed by atoms with Crippen LogP contribution in [0.25, 0.3) is 0 Å². The number of aryl methyl sites for hydroxylation is 1. The molecule has 0 spiro atoms. The maximum absolute atomic E-state index is 6.11. The van der Waals surface area contributed by atoms with E-state index in [2.05, 4.69) is 10.2 Å². The van der Waals surface area contributed by atoms with Crippen LogP contribution in [0.1, 0.15) is 24.2 Å². The summed E-state index contributed by atoms with van der Waals surface area (Å²) in [6.45, 7) is 3.81. The van der Waals surface area contributed by atoms with E-state index in [1.807, 2.05) is 19.9 Å². The minimum atomic E-state index is -0.0471. The van der Waals surface area contributed by atoms with Crippen LogP contribution < -0.4 is 10.5 Å². The molecule has 4 nitrogen and oxygen atoms in total. The molecule has 0 radical (unpaired) electrons. The SMILES string of the molecule is Cc1cc(Oc2ccc(C(C)N)cc2Cl)n[nH]1. The van der Waals surface area contributed by atoms with Crippen molar-refractivity contribution in [1.29, 1.82) is 0 Å². The zero-order valence-electron chi connectivity index (χ0n) is 9.70. The summed E-state index contributed by atoms with van der Waals surface area (Å²) in [5.74, 6) is 1.07. The Morgan fingerprint density at radius 2 is 2.18 bits per heavy atom. The van der Waals surface area contributed by atoms with E-state index in [9.17, 15) is 0 Å². The lowest BCUT2D eigenvalue weighted by atomic mass is 10.1. The molecule has 2 aromatic rings. The zero-order chi connectivity index (χ0) is 12.4. The third-order valence-corrected chi connectivity index (χ3v) is 2.67. The van der Waals surface area contributed by atoms with Gasteiger partial charge < -0.3 is 10.5 Å². The average molecular weight is 252 g/mol. The van der Waals surface area contributed by atoms with Crippen molar-refractivity contribution in [3.05, 3.63) is 40.5 Å². The number of hydrogen-bond donors (Lipinski definition) is 2. The van der Waals surface area contributed by atoms with Gasteiger partial charge in [-0.2, -0.15) is 0 Å². The van der Waals surface area contributed by atoms with E-state index < -0.39 is 0 Å². The first-order chi connectivity index (χ1) is 8.06. The topological polar surface area (TPSA) is 63.9 Å². The number of ether oxygens (including phenoxy) is 1. The number of H-pyrrole nitrogens is 1. The van der Waals surface area contributed by atoms with E-state index in [0.29, 0.717) is 16.7 Å². The molecule has 0 saturated carbocycles. The third kappa shape index (κ3) is 2.78. The number of halogens is 1. The van der Waals surface area contributed by atoms with Crippen LogP contribution in [0.4, 0.5) is 0 Å². The fourth-order valence-corrected chi connectivity index (χ4v) is 1.67. The van der Waals surface area contributed by atoms with Crippen molar-refractivity contribution >= 4 is 11.6 Å². The number of benzene rings is 1. The molecule has 0 bridgehead atoms. The summed E-state index contributed by atoms with van der Waals surface area (Å²) in [5.41, 5.74) is 7.68. The van der Waals surface area contributed by atoms with Crippen LogP contribution >= 0.6 is 11.6 Å². The number of rotatable bonds is 3. The van der Waals surface area contributed by atoms with Gasteiger partial charge in [-0.05, 0) is 31.5 Å². The molecular weight excluding hydrogens is 238 g/mol. The molecule has 17 heavy (non-hydrogen) atoms. The van der Waals surface area contributed by atoms with Crippen molar-refractivity contribution in [2.24, 2.45) is 5.73 Å². The highest BCUT2D eigenvalue weighted by Gasteiger charge is 2.08. The number of aromatic amines is 1. The van der Waals surface area contributed by atoms with E-state index in [0.717, 1.165) is 11.3 Å². The first-order valence-corrected chi connectivity index (χ1v) is 5.69. The summed E-state index contributed by atoms with van der Waals surface area (Å²) in [6, 6.07) is 7.25. The molecule has 1 heterocycles. The van der Waals surface area contributed by atoms with Crippen LogP contribution in [0, 0.1) is 6.92 Å². The van der Waals surface area contributed by atoms with Crippen molar-refractivity contribution in [1.82, 2.24) is 10.2 Å². The Labute approximate surface area is 105 Å². The maximum Gasteiger partial charge on any atom is 0.238 e. The number of nitrogens with two attached hydrogens (primary N) is 1. The minimum Gasteiger partial charge on any atom is -0.436 e. The van der Waals surface area contributed by atoms with Crippen LogP contribution in [0.2, 0.25) is 5.02 Å². The largest absolute Gasteiger partial charge is 0.436 e. The Morgan fingerprint density at radius 3 is 2.71 bits per heavy atom. The Kier molecular flexibility index (Phi) is 3.36. The minimum absolute atomic E-state index is 0.0471. The molecule has 1 unspecified atom stereocenters. The average Bonchev–Trinajstić information content (AvgIpc) is 2.67. The fraction of sp³-hybridized carbons (Fsp3) is 0.250. The number of aromatic nitrogens is 2. The number of nitrogens with one attached hydrogen (secondary N) is 1. The van der Waals surface area contributed by atoms with E-state index in [1.165, 1.54) is 0 Å². The van der Waals surface area contributed by atoms with Crippen molar-refractivity contribution in [2.75, 3.05) is 0 Å². The highest BCUT2D eigenvalue weighted by Crippen LogP contribution is 2.30. The van der Waals surface area contributed by atoms with E-state index in [1.54, 1.807) is 18.2 Å². The van der Waals surface area contributed by atoms with Gasteiger partial charge in [-0.15, -0.1) is 5.10 Å². The molecule has 2 rings (SSSR count). The predicted octanol–water partition coefficient (Wildman–Crippen LogP) is 3.18. The molecule has 90 valence electrons. The van der Waals surface area contributed by atoms with Crippen molar-refractivity contribution in [3.8, 4) is 11.6 Å². The molecule has 0 aliphatic carbocycles. The molecule has 1 aromatic carbocycles. The lowest BCUT2D eigenvalue weighted by Crippen LogP contribution is -2.04. The third-order valence-electron chi connectivity index (χ3n) is 2.38. The van der Waals surface area contributed by atoms with Gasteiger partial charge in [0, 0.05) is 17.8 Å². The molecule has 0 saturated heterocycles. The van der Waals surface area contributed by atoms with Gasteiger partial charge in [0.05, 0.1) is 5.02 Å². The van der Waals surface area contributed by atoms with Crippen molar-refractivity contribution < 1.29 is 4.74 Å². The smallest absolute Gasteiger partial charge is 0.238 e. The van der Waals surface area contributed by atoms with E-state index >= 15 is 0 Å². The predicted molar refractivity (Wildman–Crippen MR) is 67.5 cm³/mol. The summed E-state index contributed by atoms with van der Waals surface area (Å²) in [6.07, 6.45) is 0. The highest BCUT2D eigenvalue weighted by atomic mass is 35.5. The first kappa shape index (κ1) is 12.0. The summed E-state index contributed by atoms with van der Waals surface area (Å²) in [4.78, 5) is 0. The van der Waals surface area contributed by atoms with Crippen LogP contribution in [-0.2, 0) is 0 Å². The number of hydrogen-bond acceptors (Lipinski definition) is 3. The lowest BCUT2D eigenvalue weighted by Gasteiger charge is -2.09. The molecule has 3 N–H and O–H groups in total. The first-order valence-electron chi connectivity index (χ1n) is 5.31. The summed E-state index contributed by atoms with van der Waals surface area (Å²) in [7, 11) is 0. The van der Waals surface area contributed by atoms with Crippen LogP contribution in [0.15, 0.2) is 24.3 Å². The summed E-state index contributed by atoms with van der Waals surface area (Å²) >= 11 is 6.11. The normalized spacial score (nSPS) is 12.5. The second kappa shape index (κ2) is 4.77. The molecule has 1 aromatic heterocycles. The van der Waals surface area contributed by atoms with Crippen LogP contribution in [-0.4, -0.2) is 10.2 Å². The van der Waals surface area contributed by atoms with Crippen LogP contribution in [0.5, 0.6) is 11.6 Å². The van der Waals surface area contributed by atoms with Gasteiger partial charge in [0.25, 0.3) is 0 Å². The second-order valence-corrected chi connectivity index (χ2v) is 4.38. The molecular formula is C12H14ClN3O. The van der Waals surface area contributed by atoms with Gasteiger partial charge in [0.15, 0.2) is 0 Å². The van der Waals surface area contributed by atoms with Gasteiger partial charge in [-0.3, -0.25) is 5.10 Å². The van der Waals surface area contributed by atoms with Gasteiger partial charge in [-0.25, -0.2) is 0 Å². The highest BCUT2D eigenvalue weighted by molar-refractivity contribution is 6.32. The molecule has 0 fully saturated rings. The summed E-state index contributed by atoms with van der Waals surface area (Å²) in [5, 5.41) is 7.31. The molecule has 1 atom stereocenters. The lowest BCUT2D eigenvalue weighted by molar-refractivity contribution is 0.461. The standard InChI is InChI=1S/C12H14ClN3O/c1-7-5-12(16-15-7)17-11-4-3-9(8(2)14)6-10(11)13/h3-6,8H,14H2,1-2H3,(H,15,16). The van der Waals surface area contributed by atoms with Gasteiger partial charge in [0.1, 0.15) is 5.75 Å². The van der Waals surface area contributed by atoms with E-state index in [-0.39, 0.29) is 6.04 Å².